The molecule has 0 atom stereocenters. The Hall–Kier alpha value is -1.22. The Morgan fingerprint density at radius 1 is 1.20 bits per heavy atom. The molecule has 1 aromatic heterocycles. The van der Waals surface area contributed by atoms with E-state index in [2.05, 4.69) is 23.4 Å². The highest BCUT2D eigenvalue weighted by molar-refractivity contribution is 6.31. The lowest BCUT2D eigenvalue weighted by molar-refractivity contribution is 0.508. The maximum atomic E-state index is 5.99. The fourth-order valence-electron chi connectivity index (χ4n) is 2.53. The van der Waals surface area contributed by atoms with E-state index in [0.29, 0.717) is 11.0 Å². The molecule has 0 saturated heterocycles. The Balaban J connectivity index is 1.88. The summed E-state index contributed by atoms with van der Waals surface area (Å²) in [6.07, 6.45) is 6.36. The minimum Gasteiger partial charge on any atom is -0.369 e. The van der Waals surface area contributed by atoms with Gasteiger partial charge in [-0.2, -0.15) is 0 Å². The molecule has 2 aromatic rings. The molecule has 1 aromatic carbocycles. The van der Waals surface area contributed by atoms with Gasteiger partial charge in [0.15, 0.2) is 0 Å². The van der Waals surface area contributed by atoms with Gasteiger partial charge in [-0.05, 0) is 30.5 Å². The Labute approximate surface area is 126 Å². The number of aromatic nitrogens is 2. The van der Waals surface area contributed by atoms with Crippen molar-refractivity contribution < 1.29 is 0 Å². The van der Waals surface area contributed by atoms with E-state index in [9.17, 15) is 0 Å². The van der Waals surface area contributed by atoms with E-state index in [1.807, 2.05) is 18.2 Å². The van der Waals surface area contributed by atoms with Crippen LogP contribution >= 0.6 is 11.6 Å². The summed E-state index contributed by atoms with van der Waals surface area (Å²) in [5.74, 6) is 1.40. The molecule has 1 heterocycles. The highest BCUT2D eigenvalue weighted by atomic mass is 35.5. The van der Waals surface area contributed by atoms with Crippen LogP contribution in [0.1, 0.15) is 46.0 Å². The van der Waals surface area contributed by atoms with E-state index in [-0.39, 0.29) is 0 Å². The van der Waals surface area contributed by atoms with Crippen LogP contribution < -0.4 is 5.73 Å². The molecule has 110 valence electrons. The summed E-state index contributed by atoms with van der Waals surface area (Å²) in [5.41, 5.74) is 7.95. The molecule has 0 fully saturated rings. The van der Waals surface area contributed by atoms with E-state index < -0.39 is 0 Å². The quantitative estimate of drug-likeness (QED) is 0.740. The molecule has 2 rings (SSSR count). The highest BCUT2D eigenvalue weighted by Gasteiger charge is 2.07. The van der Waals surface area contributed by atoms with Crippen LogP contribution in [-0.4, -0.2) is 9.55 Å². The minimum atomic E-state index is 0.587. The third-order valence-electron chi connectivity index (χ3n) is 3.65. The smallest absolute Gasteiger partial charge is 0.201 e. The molecular formula is C16H24ClN3. The summed E-state index contributed by atoms with van der Waals surface area (Å²) >= 11 is 5.98. The molecule has 0 aliphatic carbocycles. The zero-order valence-corrected chi connectivity index (χ0v) is 13.2. The zero-order chi connectivity index (χ0) is 14.5. The number of fused-ring (bicyclic) bond motifs is 1. The maximum Gasteiger partial charge on any atom is 0.201 e. The fraction of sp³-hybridized carbons (Fsp3) is 0.562. The first kappa shape index (κ1) is 15.2. The molecule has 20 heavy (non-hydrogen) atoms. The van der Waals surface area contributed by atoms with Gasteiger partial charge in [-0.15, -0.1) is 0 Å². The lowest BCUT2D eigenvalue weighted by Gasteiger charge is -2.07. The van der Waals surface area contributed by atoms with Crippen molar-refractivity contribution in [3.05, 3.63) is 23.2 Å². The van der Waals surface area contributed by atoms with Gasteiger partial charge in [-0.3, -0.25) is 0 Å². The molecule has 0 spiro atoms. The van der Waals surface area contributed by atoms with Crippen LogP contribution in [-0.2, 0) is 6.54 Å². The molecule has 0 aliphatic heterocycles. The predicted molar refractivity (Wildman–Crippen MR) is 87.1 cm³/mol. The minimum absolute atomic E-state index is 0.587. The molecule has 0 unspecified atom stereocenters. The van der Waals surface area contributed by atoms with E-state index in [4.69, 9.17) is 17.3 Å². The number of anilines is 1. The molecule has 0 radical (unpaired) electrons. The van der Waals surface area contributed by atoms with Gasteiger partial charge in [0.2, 0.25) is 5.95 Å². The van der Waals surface area contributed by atoms with Crippen molar-refractivity contribution >= 4 is 28.6 Å². The number of benzene rings is 1. The number of halogens is 1. The molecule has 0 bridgehead atoms. The second-order valence-electron chi connectivity index (χ2n) is 5.85. The maximum absolute atomic E-state index is 5.99. The van der Waals surface area contributed by atoms with Crippen molar-refractivity contribution in [2.45, 2.75) is 52.5 Å². The molecule has 0 amide bonds. The largest absolute Gasteiger partial charge is 0.369 e. The molecule has 0 aliphatic rings. The molecule has 4 heteroatoms. The van der Waals surface area contributed by atoms with Crippen molar-refractivity contribution in [2.24, 2.45) is 5.92 Å². The first-order valence-electron chi connectivity index (χ1n) is 7.49. The molecule has 2 N–H and O–H groups in total. The van der Waals surface area contributed by atoms with Gasteiger partial charge in [0.1, 0.15) is 0 Å². The van der Waals surface area contributed by atoms with Crippen LogP contribution in [0.3, 0.4) is 0 Å². The number of nitrogens with two attached hydrogens (primary N) is 1. The number of hydrogen-bond acceptors (Lipinski definition) is 2. The highest BCUT2D eigenvalue weighted by Crippen LogP contribution is 2.22. The lowest BCUT2D eigenvalue weighted by atomic mass is 10.0. The van der Waals surface area contributed by atoms with Crippen LogP contribution in [0, 0.1) is 5.92 Å². The second kappa shape index (κ2) is 6.98. The van der Waals surface area contributed by atoms with Crippen molar-refractivity contribution in [3.8, 4) is 0 Å². The summed E-state index contributed by atoms with van der Waals surface area (Å²) in [4.78, 5) is 4.37. The number of rotatable bonds is 7. The monoisotopic (exact) mass is 293 g/mol. The average Bonchev–Trinajstić information content (AvgIpc) is 2.68. The van der Waals surface area contributed by atoms with Gasteiger partial charge in [0.05, 0.1) is 11.0 Å². The van der Waals surface area contributed by atoms with Gasteiger partial charge < -0.3 is 10.3 Å². The van der Waals surface area contributed by atoms with Crippen molar-refractivity contribution in [1.29, 1.82) is 0 Å². The lowest BCUT2D eigenvalue weighted by Crippen LogP contribution is -2.03. The van der Waals surface area contributed by atoms with Crippen LogP contribution in [0.5, 0.6) is 0 Å². The van der Waals surface area contributed by atoms with Gasteiger partial charge in [-0.1, -0.05) is 51.1 Å². The number of hydrogen-bond donors (Lipinski definition) is 1. The zero-order valence-electron chi connectivity index (χ0n) is 12.4. The number of aryl methyl sites for hydroxylation is 1. The first-order chi connectivity index (χ1) is 9.58. The number of unbranched alkanes of at least 4 members (excludes halogenated alkanes) is 3. The van der Waals surface area contributed by atoms with Crippen molar-refractivity contribution in [1.82, 2.24) is 9.55 Å². The Morgan fingerprint density at radius 2 is 1.95 bits per heavy atom. The summed E-state index contributed by atoms with van der Waals surface area (Å²) in [6.45, 7) is 5.50. The fourth-order valence-corrected chi connectivity index (χ4v) is 2.70. The van der Waals surface area contributed by atoms with Crippen LogP contribution in [0.15, 0.2) is 18.2 Å². The van der Waals surface area contributed by atoms with Crippen LogP contribution in [0.4, 0.5) is 5.95 Å². The van der Waals surface area contributed by atoms with E-state index in [0.717, 1.165) is 29.9 Å². The molecular weight excluding hydrogens is 270 g/mol. The second-order valence-corrected chi connectivity index (χ2v) is 6.29. The van der Waals surface area contributed by atoms with Crippen molar-refractivity contribution in [3.63, 3.8) is 0 Å². The SMILES string of the molecule is CC(C)CCCCCCn1c(N)nc2cc(Cl)ccc21. The molecule has 3 nitrogen and oxygen atoms in total. The number of imidazole rings is 1. The standard InChI is InChI=1S/C16H24ClN3/c1-12(2)7-5-3-4-6-10-20-15-9-8-13(17)11-14(15)19-16(20)18/h8-9,11-12H,3-7,10H2,1-2H3,(H2,18,19). The van der Waals surface area contributed by atoms with E-state index >= 15 is 0 Å². The third kappa shape index (κ3) is 3.89. The first-order valence-corrected chi connectivity index (χ1v) is 7.87. The molecule has 0 saturated carbocycles. The Morgan fingerprint density at radius 3 is 2.70 bits per heavy atom. The van der Waals surface area contributed by atoms with E-state index in [1.165, 1.54) is 25.7 Å². The van der Waals surface area contributed by atoms with Crippen LogP contribution in [0.25, 0.3) is 11.0 Å². The Bertz CT molecular complexity index is 560. The van der Waals surface area contributed by atoms with Crippen LogP contribution in [0.2, 0.25) is 5.02 Å². The summed E-state index contributed by atoms with van der Waals surface area (Å²) in [6, 6.07) is 5.76. The summed E-state index contributed by atoms with van der Waals surface area (Å²) < 4.78 is 2.09. The summed E-state index contributed by atoms with van der Waals surface area (Å²) in [7, 11) is 0. The topological polar surface area (TPSA) is 43.8 Å². The normalized spacial score (nSPS) is 11.6. The number of nitrogens with zero attached hydrogens (tertiary/aromatic N) is 2. The summed E-state index contributed by atoms with van der Waals surface area (Å²) in [5, 5.41) is 0.704. The van der Waals surface area contributed by atoms with Gasteiger partial charge in [-0.25, -0.2) is 4.98 Å². The van der Waals surface area contributed by atoms with Gasteiger partial charge in [0.25, 0.3) is 0 Å². The third-order valence-corrected chi connectivity index (χ3v) is 3.89. The van der Waals surface area contributed by atoms with Crippen molar-refractivity contribution in [2.75, 3.05) is 5.73 Å². The number of nitrogen functional groups attached to an aromatic ring is 1. The van der Waals surface area contributed by atoms with Gasteiger partial charge in [0, 0.05) is 11.6 Å². The predicted octanol–water partition coefficient (Wildman–Crippen LogP) is 4.88. The van der Waals surface area contributed by atoms with E-state index in [1.54, 1.807) is 0 Å². The Kier molecular flexibility index (Phi) is 5.30. The van der Waals surface area contributed by atoms with Gasteiger partial charge >= 0.3 is 0 Å². The average molecular weight is 294 g/mol.